The zero-order chi connectivity index (χ0) is 20.8. The fourth-order valence-electron chi connectivity index (χ4n) is 3.03. The van der Waals surface area contributed by atoms with E-state index in [1.54, 1.807) is 23.9 Å². The van der Waals surface area contributed by atoms with Crippen LogP contribution in [0.5, 0.6) is 5.75 Å². The molecule has 1 amide bonds. The van der Waals surface area contributed by atoms with E-state index < -0.39 is 5.82 Å². The molecule has 1 heterocycles. The largest absolute Gasteiger partial charge is 0.493 e. The van der Waals surface area contributed by atoms with Crippen molar-refractivity contribution in [3.63, 3.8) is 0 Å². The molecule has 1 fully saturated rings. The van der Waals surface area contributed by atoms with Gasteiger partial charge in [0.2, 0.25) is 0 Å². The number of carbonyl (C=O) groups is 1. The lowest BCUT2D eigenvalue weighted by molar-refractivity contribution is 0.0947. The van der Waals surface area contributed by atoms with Crippen molar-refractivity contribution in [2.75, 3.05) is 18.7 Å². The van der Waals surface area contributed by atoms with Crippen LogP contribution >= 0.6 is 11.8 Å². The third-order valence-electron chi connectivity index (χ3n) is 4.72. The van der Waals surface area contributed by atoms with Gasteiger partial charge < -0.3 is 15.4 Å². The molecule has 1 atom stereocenters. The van der Waals surface area contributed by atoms with Gasteiger partial charge in [-0.2, -0.15) is 0 Å². The van der Waals surface area contributed by atoms with Gasteiger partial charge in [0.15, 0.2) is 11.6 Å². The Kier molecular flexibility index (Phi) is 7.14. The second-order valence-electron chi connectivity index (χ2n) is 7.02. The molecule has 1 aromatic heterocycles. The van der Waals surface area contributed by atoms with Crippen molar-refractivity contribution in [1.82, 2.24) is 10.3 Å². The summed E-state index contributed by atoms with van der Waals surface area (Å²) in [6.45, 7) is 2.21. The van der Waals surface area contributed by atoms with Gasteiger partial charge in [-0.25, -0.2) is 9.37 Å². The third-order valence-corrected chi connectivity index (χ3v) is 5.15. The molecule has 0 bridgehead atoms. The van der Waals surface area contributed by atoms with Gasteiger partial charge in [-0.3, -0.25) is 4.79 Å². The van der Waals surface area contributed by atoms with E-state index in [1.165, 1.54) is 13.2 Å². The Bertz CT molecular complexity index is 900. The molecule has 2 aromatic rings. The summed E-state index contributed by atoms with van der Waals surface area (Å²) < 4.78 is 19.1. The predicted molar refractivity (Wildman–Crippen MR) is 116 cm³/mol. The monoisotopic (exact) mass is 415 g/mol. The van der Waals surface area contributed by atoms with Gasteiger partial charge in [0.25, 0.3) is 5.91 Å². The van der Waals surface area contributed by atoms with Crippen LogP contribution in [0.15, 0.2) is 41.8 Å². The van der Waals surface area contributed by atoms with Crippen LogP contribution in [0.1, 0.15) is 47.3 Å². The van der Waals surface area contributed by atoms with Crippen molar-refractivity contribution in [3.8, 4) is 5.75 Å². The van der Waals surface area contributed by atoms with E-state index in [0.717, 1.165) is 18.5 Å². The van der Waals surface area contributed by atoms with Gasteiger partial charge in [0, 0.05) is 29.8 Å². The number of amides is 1. The number of hydrogen-bond acceptors (Lipinski definition) is 5. The maximum Gasteiger partial charge on any atom is 0.255 e. The summed E-state index contributed by atoms with van der Waals surface area (Å²) in [5.74, 6) is 0.532. The van der Waals surface area contributed by atoms with Crippen LogP contribution in [0.3, 0.4) is 0 Å². The van der Waals surface area contributed by atoms with Crippen molar-refractivity contribution >= 4 is 23.5 Å². The second-order valence-corrected chi connectivity index (χ2v) is 7.76. The van der Waals surface area contributed by atoms with Gasteiger partial charge in [-0.05, 0) is 49.6 Å². The number of nitrogens with zero attached hydrogens (tertiary/aromatic N) is 1. The number of nitrogens with one attached hydrogen (secondary N) is 2. The van der Waals surface area contributed by atoms with Crippen molar-refractivity contribution in [1.29, 1.82) is 0 Å². The number of aromatic nitrogens is 1. The smallest absolute Gasteiger partial charge is 0.255 e. The summed E-state index contributed by atoms with van der Waals surface area (Å²) >= 11 is 1.58. The standard InChI is InChI=1S/C22H26FN3O2S/c1-14(11-12-29-3)25-22(27)17-9-10-19(15-7-8-15)26-21(17)24-13-16-5-4-6-18(23)20(16)28-2/h4-6,9-12,14-15H,7-8,13H2,1-3H3,(H,24,26)(H,25,27)/b12-11+. The average Bonchev–Trinajstić information content (AvgIpc) is 3.56. The molecule has 7 heteroatoms. The number of para-hydroxylation sites is 1. The van der Waals surface area contributed by atoms with Crippen LogP contribution in [-0.4, -0.2) is 30.3 Å². The first-order chi connectivity index (χ1) is 14.0. The van der Waals surface area contributed by atoms with E-state index in [4.69, 9.17) is 4.74 Å². The molecule has 2 N–H and O–H groups in total. The highest BCUT2D eigenvalue weighted by atomic mass is 32.2. The van der Waals surface area contributed by atoms with Crippen LogP contribution in [0.25, 0.3) is 0 Å². The van der Waals surface area contributed by atoms with Gasteiger partial charge in [0.1, 0.15) is 5.82 Å². The molecule has 29 heavy (non-hydrogen) atoms. The molecule has 0 aliphatic heterocycles. The van der Waals surface area contributed by atoms with Crippen molar-refractivity contribution in [2.24, 2.45) is 0 Å². The third kappa shape index (κ3) is 5.50. The topological polar surface area (TPSA) is 63.2 Å². The van der Waals surface area contributed by atoms with Gasteiger partial charge in [-0.15, -0.1) is 11.8 Å². The number of hydrogen-bond donors (Lipinski definition) is 2. The molecule has 0 radical (unpaired) electrons. The van der Waals surface area contributed by atoms with Crippen molar-refractivity contribution < 1.29 is 13.9 Å². The number of rotatable bonds is 9. The molecule has 154 valence electrons. The highest BCUT2D eigenvalue weighted by Crippen LogP contribution is 2.39. The fraction of sp³-hybridized carbons (Fsp3) is 0.364. The van der Waals surface area contributed by atoms with Crippen molar-refractivity contribution in [2.45, 2.75) is 38.3 Å². The Morgan fingerprint density at radius 1 is 1.38 bits per heavy atom. The Morgan fingerprint density at radius 2 is 2.17 bits per heavy atom. The van der Waals surface area contributed by atoms with Gasteiger partial charge in [-0.1, -0.05) is 18.2 Å². The molecule has 0 saturated heterocycles. The molecule has 1 saturated carbocycles. The maximum absolute atomic E-state index is 14.0. The molecule has 1 aliphatic carbocycles. The number of carbonyl (C=O) groups excluding carboxylic acids is 1. The first-order valence-electron chi connectivity index (χ1n) is 9.60. The van der Waals surface area contributed by atoms with E-state index in [0.29, 0.717) is 29.4 Å². The molecule has 1 unspecified atom stereocenters. The number of halogens is 1. The Labute approximate surface area is 175 Å². The van der Waals surface area contributed by atoms with E-state index >= 15 is 0 Å². The van der Waals surface area contributed by atoms with Crippen LogP contribution in [0, 0.1) is 5.82 Å². The number of anilines is 1. The van der Waals surface area contributed by atoms with Gasteiger partial charge in [0.05, 0.1) is 12.7 Å². The molecule has 1 aliphatic rings. The van der Waals surface area contributed by atoms with Crippen LogP contribution in [-0.2, 0) is 6.54 Å². The molecule has 1 aromatic carbocycles. The quantitative estimate of drug-likeness (QED) is 0.621. The number of thioether (sulfide) groups is 1. The number of ether oxygens (including phenoxy) is 1. The second kappa shape index (κ2) is 9.78. The van der Waals surface area contributed by atoms with Gasteiger partial charge >= 0.3 is 0 Å². The summed E-state index contributed by atoms with van der Waals surface area (Å²) in [6.07, 6.45) is 6.13. The molecular weight excluding hydrogens is 389 g/mol. The zero-order valence-corrected chi connectivity index (χ0v) is 17.7. The number of benzene rings is 1. The first kappa shape index (κ1) is 21.2. The predicted octanol–water partition coefficient (Wildman–Crippen LogP) is 4.71. The number of pyridine rings is 1. The Morgan fingerprint density at radius 3 is 2.86 bits per heavy atom. The van der Waals surface area contributed by atoms with E-state index in [1.807, 2.05) is 36.8 Å². The highest BCUT2D eigenvalue weighted by Gasteiger charge is 2.26. The number of methoxy groups -OCH3 is 1. The lowest BCUT2D eigenvalue weighted by Gasteiger charge is -2.16. The van der Waals surface area contributed by atoms with Crippen molar-refractivity contribution in [3.05, 3.63) is 64.5 Å². The van der Waals surface area contributed by atoms with E-state index in [2.05, 4.69) is 15.6 Å². The highest BCUT2D eigenvalue weighted by molar-refractivity contribution is 8.01. The molecule has 0 spiro atoms. The minimum absolute atomic E-state index is 0.103. The summed E-state index contributed by atoms with van der Waals surface area (Å²) in [4.78, 5) is 17.5. The lowest BCUT2D eigenvalue weighted by atomic mass is 10.1. The SMILES string of the molecule is COc1c(F)cccc1CNc1nc(C2CC2)ccc1C(=O)NC(C)/C=C/SC. The summed E-state index contributed by atoms with van der Waals surface area (Å²) in [5.41, 5.74) is 2.11. The van der Waals surface area contributed by atoms with Crippen LogP contribution in [0.2, 0.25) is 0 Å². The van der Waals surface area contributed by atoms with E-state index in [9.17, 15) is 9.18 Å². The average molecular weight is 416 g/mol. The summed E-state index contributed by atoms with van der Waals surface area (Å²) in [7, 11) is 1.44. The minimum atomic E-state index is -0.418. The maximum atomic E-state index is 14.0. The Balaban J connectivity index is 1.82. The summed E-state index contributed by atoms with van der Waals surface area (Å²) in [5, 5.41) is 8.11. The molecule has 5 nitrogen and oxygen atoms in total. The minimum Gasteiger partial charge on any atom is -0.493 e. The lowest BCUT2D eigenvalue weighted by Crippen LogP contribution is -2.31. The van der Waals surface area contributed by atoms with Crippen LogP contribution in [0.4, 0.5) is 10.2 Å². The van der Waals surface area contributed by atoms with E-state index in [-0.39, 0.29) is 17.7 Å². The van der Waals surface area contributed by atoms with Crippen LogP contribution < -0.4 is 15.4 Å². The first-order valence-corrected chi connectivity index (χ1v) is 10.9. The Hall–Kier alpha value is -2.54. The fourth-order valence-corrected chi connectivity index (χ4v) is 3.42. The summed E-state index contributed by atoms with van der Waals surface area (Å²) in [6, 6.07) is 8.41. The zero-order valence-electron chi connectivity index (χ0n) is 16.9. The molecular formula is C22H26FN3O2S. The normalized spacial score (nSPS) is 14.6. The molecule has 3 rings (SSSR count).